The van der Waals surface area contributed by atoms with E-state index in [1.54, 1.807) is 5.56 Å². The predicted octanol–water partition coefficient (Wildman–Crippen LogP) is 3.09. The predicted molar refractivity (Wildman–Crippen MR) is 53.5 cm³/mol. The van der Waals surface area contributed by atoms with Gasteiger partial charge in [-0.15, -0.1) is 0 Å². The summed E-state index contributed by atoms with van der Waals surface area (Å²) in [5, 5.41) is 0. The maximum atomic E-state index is 3.36. The summed E-state index contributed by atoms with van der Waals surface area (Å²) in [6.07, 6.45) is 6.94. The van der Waals surface area contributed by atoms with Crippen molar-refractivity contribution in [2.24, 2.45) is 0 Å². The third-order valence-corrected chi connectivity index (χ3v) is 2.41. The molecule has 0 saturated carbocycles. The summed E-state index contributed by atoms with van der Waals surface area (Å²) < 4.78 is 0. The van der Waals surface area contributed by atoms with Gasteiger partial charge in [0.25, 0.3) is 0 Å². The average Bonchev–Trinajstić information content (AvgIpc) is 2.48. The van der Waals surface area contributed by atoms with E-state index < -0.39 is 0 Å². The molecule has 1 aromatic heterocycles. The van der Waals surface area contributed by atoms with E-state index in [0.717, 1.165) is 12.8 Å². The Morgan fingerprint density at radius 3 is 2.42 bits per heavy atom. The van der Waals surface area contributed by atoms with Crippen molar-refractivity contribution in [2.45, 2.75) is 46.5 Å². The van der Waals surface area contributed by atoms with Gasteiger partial charge in [-0.2, -0.15) is 0 Å². The molecular weight excluding hydrogens is 146 g/mol. The van der Waals surface area contributed by atoms with E-state index >= 15 is 0 Å². The van der Waals surface area contributed by atoms with Gasteiger partial charge in [-0.3, -0.25) is 0 Å². The molecule has 12 heavy (non-hydrogen) atoms. The molecule has 0 aliphatic carbocycles. The van der Waals surface area contributed by atoms with Crippen molar-refractivity contribution in [1.82, 2.24) is 4.98 Å². The van der Waals surface area contributed by atoms with Gasteiger partial charge >= 0.3 is 0 Å². The minimum Gasteiger partial charge on any atom is -0.364 e. The van der Waals surface area contributed by atoms with Crippen molar-refractivity contribution in [2.75, 3.05) is 0 Å². The Hall–Kier alpha value is -0.720. The molecule has 1 aromatic rings. The second kappa shape index (κ2) is 4.34. The molecule has 0 bridgehead atoms. The normalized spacial score (nSPS) is 10.6. The fraction of sp³-hybridized carbons (Fsp3) is 0.636. The highest BCUT2D eigenvalue weighted by molar-refractivity contribution is 5.31. The molecule has 68 valence electrons. The first-order chi connectivity index (χ1) is 5.83. The van der Waals surface area contributed by atoms with E-state index in [4.69, 9.17) is 0 Å². The molecule has 1 rings (SSSR count). The van der Waals surface area contributed by atoms with Crippen molar-refractivity contribution >= 4 is 0 Å². The molecule has 1 heteroatoms. The Kier molecular flexibility index (Phi) is 3.39. The quantitative estimate of drug-likeness (QED) is 0.705. The molecule has 0 aliphatic rings. The first-order valence-corrected chi connectivity index (χ1v) is 5.01. The third-order valence-electron chi connectivity index (χ3n) is 2.41. The fourth-order valence-corrected chi connectivity index (χ4v) is 1.73. The minimum absolute atomic E-state index is 1.13. The zero-order chi connectivity index (χ0) is 8.97. The van der Waals surface area contributed by atoms with E-state index in [1.165, 1.54) is 24.1 Å². The maximum Gasteiger partial charge on any atom is 0.0179 e. The van der Waals surface area contributed by atoms with E-state index in [0.29, 0.717) is 0 Å². The van der Waals surface area contributed by atoms with Crippen molar-refractivity contribution in [3.8, 4) is 0 Å². The summed E-state index contributed by atoms with van der Waals surface area (Å²) in [7, 11) is 0. The second-order valence-corrected chi connectivity index (χ2v) is 3.23. The fourth-order valence-electron chi connectivity index (χ4n) is 1.73. The van der Waals surface area contributed by atoms with Crippen molar-refractivity contribution in [1.29, 1.82) is 0 Å². The summed E-state index contributed by atoms with van der Waals surface area (Å²) in [4.78, 5) is 3.36. The number of hydrogen-bond acceptors (Lipinski definition) is 0. The lowest BCUT2D eigenvalue weighted by molar-refractivity contribution is 0.880. The van der Waals surface area contributed by atoms with Crippen LogP contribution in [0.4, 0.5) is 0 Å². The lowest BCUT2D eigenvalue weighted by Gasteiger charge is -2.02. The van der Waals surface area contributed by atoms with Crippen LogP contribution < -0.4 is 0 Å². The van der Waals surface area contributed by atoms with Crippen LogP contribution in [0.15, 0.2) is 6.20 Å². The van der Waals surface area contributed by atoms with Crippen LogP contribution >= 0.6 is 0 Å². The molecule has 0 amide bonds. The highest BCUT2D eigenvalue weighted by atomic mass is 14.7. The number of H-pyrrole nitrogens is 1. The van der Waals surface area contributed by atoms with Crippen LogP contribution in [0.1, 0.15) is 44.0 Å². The van der Waals surface area contributed by atoms with Crippen LogP contribution in [0.5, 0.6) is 0 Å². The number of aryl methyl sites for hydroxylation is 2. The molecule has 0 radical (unpaired) electrons. The Balaban J connectivity index is 2.90. The smallest absolute Gasteiger partial charge is 0.0179 e. The SMILES string of the molecule is CCCc1c(CC)c[nH]c1CC. The molecule has 0 atom stereocenters. The van der Waals surface area contributed by atoms with E-state index in [9.17, 15) is 0 Å². The molecule has 0 unspecified atom stereocenters. The monoisotopic (exact) mass is 165 g/mol. The van der Waals surface area contributed by atoms with Gasteiger partial charge in [0.1, 0.15) is 0 Å². The Bertz CT molecular complexity index is 214. The highest BCUT2D eigenvalue weighted by Crippen LogP contribution is 2.17. The van der Waals surface area contributed by atoms with E-state index in [1.807, 2.05) is 0 Å². The number of aromatic nitrogens is 1. The standard InChI is InChI=1S/C11H19N/c1-4-7-10-9(5-2)8-12-11(10)6-3/h8,12H,4-7H2,1-3H3. The van der Waals surface area contributed by atoms with Gasteiger partial charge in [-0.25, -0.2) is 0 Å². The van der Waals surface area contributed by atoms with Gasteiger partial charge < -0.3 is 4.98 Å². The van der Waals surface area contributed by atoms with Crippen LogP contribution in [0.3, 0.4) is 0 Å². The van der Waals surface area contributed by atoms with Gasteiger partial charge in [0, 0.05) is 11.9 Å². The zero-order valence-corrected chi connectivity index (χ0v) is 8.41. The first-order valence-electron chi connectivity index (χ1n) is 5.01. The minimum atomic E-state index is 1.13. The molecule has 0 fully saturated rings. The van der Waals surface area contributed by atoms with Crippen LogP contribution in [0.2, 0.25) is 0 Å². The van der Waals surface area contributed by atoms with Crippen LogP contribution in [-0.2, 0) is 19.3 Å². The van der Waals surface area contributed by atoms with Gasteiger partial charge in [0.2, 0.25) is 0 Å². The number of rotatable bonds is 4. The van der Waals surface area contributed by atoms with Crippen LogP contribution in [0.25, 0.3) is 0 Å². The maximum absolute atomic E-state index is 3.36. The molecule has 1 heterocycles. The Labute approximate surface area is 75.2 Å². The summed E-state index contributed by atoms with van der Waals surface area (Å²) in [6.45, 7) is 6.68. The van der Waals surface area contributed by atoms with Crippen LogP contribution in [-0.4, -0.2) is 4.98 Å². The number of aromatic amines is 1. The summed E-state index contributed by atoms with van der Waals surface area (Å²) >= 11 is 0. The molecule has 0 saturated heterocycles. The van der Waals surface area contributed by atoms with Crippen molar-refractivity contribution in [3.63, 3.8) is 0 Å². The average molecular weight is 165 g/mol. The summed E-state index contributed by atoms with van der Waals surface area (Å²) in [6, 6.07) is 0. The van der Waals surface area contributed by atoms with E-state index in [-0.39, 0.29) is 0 Å². The molecule has 0 aromatic carbocycles. The summed E-state index contributed by atoms with van der Waals surface area (Å²) in [5.41, 5.74) is 4.52. The lowest BCUT2D eigenvalue weighted by atomic mass is 10.0. The van der Waals surface area contributed by atoms with Gasteiger partial charge in [-0.05, 0) is 30.4 Å². The van der Waals surface area contributed by atoms with Crippen molar-refractivity contribution < 1.29 is 0 Å². The largest absolute Gasteiger partial charge is 0.364 e. The van der Waals surface area contributed by atoms with E-state index in [2.05, 4.69) is 32.0 Å². The topological polar surface area (TPSA) is 15.8 Å². The Morgan fingerprint density at radius 2 is 1.92 bits per heavy atom. The highest BCUT2D eigenvalue weighted by Gasteiger charge is 2.06. The van der Waals surface area contributed by atoms with Gasteiger partial charge in [0.15, 0.2) is 0 Å². The molecule has 1 nitrogen and oxygen atoms in total. The number of nitrogens with one attached hydrogen (secondary N) is 1. The van der Waals surface area contributed by atoms with Crippen molar-refractivity contribution in [3.05, 3.63) is 23.0 Å². The molecular formula is C11H19N. The van der Waals surface area contributed by atoms with Gasteiger partial charge in [0.05, 0.1) is 0 Å². The molecule has 1 N–H and O–H groups in total. The number of hydrogen-bond donors (Lipinski definition) is 1. The van der Waals surface area contributed by atoms with Gasteiger partial charge in [-0.1, -0.05) is 27.2 Å². The lowest BCUT2D eigenvalue weighted by Crippen LogP contribution is -1.92. The molecule has 0 spiro atoms. The second-order valence-electron chi connectivity index (χ2n) is 3.23. The van der Waals surface area contributed by atoms with Crippen LogP contribution in [0, 0.1) is 0 Å². The Morgan fingerprint density at radius 1 is 1.17 bits per heavy atom. The first kappa shape index (κ1) is 9.37. The summed E-state index contributed by atoms with van der Waals surface area (Å²) in [5.74, 6) is 0. The zero-order valence-electron chi connectivity index (χ0n) is 8.41. The molecule has 0 aliphatic heterocycles. The third kappa shape index (κ3) is 1.71.